The summed E-state index contributed by atoms with van der Waals surface area (Å²) in [6.45, 7) is 7.09. The molecule has 0 saturated heterocycles. The number of nitrogens with one attached hydrogen (secondary N) is 1. The van der Waals surface area contributed by atoms with E-state index in [9.17, 15) is 5.11 Å². The van der Waals surface area contributed by atoms with Crippen molar-refractivity contribution in [2.45, 2.75) is 77.7 Å². The van der Waals surface area contributed by atoms with Crippen LogP contribution in [0.2, 0.25) is 0 Å². The van der Waals surface area contributed by atoms with E-state index in [1.54, 1.807) is 0 Å². The van der Waals surface area contributed by atoms with Crippen molar-refractivity contribution in [2.75, 3.05) is 0 Å². The molecule has 1 aromatic rings. The molecule has 24 heavy (non-hydrogen) atoms. The van der Waals surface area contributed by atoms with E-state index in [4.69, 9.17) is 0 Å². The summed E-state index contributed by atoms with van der Waals surface area (Å²) in [5, 5.41) is 18.6. The zero-order chi connectivity index (χ0) is 16.7. The van der Waals surface area contributed by atoms with Crippen molar-refractivity contribution in [3.8, 4) is 0 Å². The van der Waals surface area contributed by atoms with Gasteiger partial charge in [-0.05, 0) is 98.4 Å². The molecule has 5 unspecified atom stereocenters. The van der Waals surface area contributed by atoms with Gasteiger partial charge in [0, 0.05) is 5.69 Å². The molecule has 2 N–H and O–H groups in total. The third-order valence-electron chi connectivity index (χ3n) is 9.46. The van der Waals surface area contributed by atoms with Crippen molar-refractivity contribution in [1.82, 2.24) is 10.2 Å². The molecule has 7 atom stereocenters. The molecule has 0 radical (unpaired) electrons. The minimum Gasteiger partial charge on any atom is -0.390 e. The smallest absolute Gasteiger partial charge is 0.0675 e. The lowest BCUT2D eigenvalue weighted by molar-refractivity contribution is -0.139. The van der Waals surface area contributed by atoms with E-state index >= 15 is 0 Å². The van der Waals surface area contributed by atoms with Gasteiger partial charge >= 0.3 is 0 Å². The van der Waals surface area contributed by atoms with E-state index in [1.807, 2.05) is 0 Å². The average molecular weight is 329 g/mol. The fourth-order valence-electron chi connectivity index (χ4n) is 7.71. The number of aliphatic hydroxyl groups is 1. The summed E-state index contributed by atoms with van der Waals surface area (Å²) in [7, 11) is 0. The molecular weight excluding hydrogens is 296 g/mol. The van der Waals surface area contributed by atoms with Crippen LogP contribution in [-0.4, -0.2) is 20.9 Å². The van der Waals surface area contributed by atoms with Crippen LogP contribution in [0.25, 0.3) is 0 Å². The lowest BCUT2D eigenvalue weighted by Crippen LogP contribution is -2.56. The Morgan fingerprint density at radius 3 is 2.71 bits per heavy atom. The number of fused-ring (bicyclic) bond motifs is 6. The lowest BCUT2D eigenvalue weighted by Gasteiger charge is -2.60. The molecule has 3 heteroatoms. The summed E-state index contributed by atoms with van der Waals surface area (Å²) < 4.78 is 0. The van der Waals surface area contributed by atoms with E-state index in [2.05, 4.69) is 37.2 Å². The highest BCUT2D eigenvalue weighted by Gasteiger charge is 2.63. The Morgan fingerprint density at radius 1 is 1.08 bits per heavy atom. The summed E-state index contributed by atoms with van der Waals surface area (Å²) in [5.74, 6) is 3.21. The molecule has 0 amide bonds. The van der Waals surface area contributed by atoms with Gasteiger partial charge < -0.3 is 5.11 Å². The van der Waals surface area contributed by atoms with Crippen LogP contribution in [0.1, 0.15) is 70.6 Å². The Labute approximate surface area is 145 Å². The van der Waals surface area contributed by atoms with Gasteiger partial charge in [0.2, 0.25) is 0 Å². The minimum atomic E-state index is -0.454. The highest BCUT2D eigenvalue weighted by Crippen LogP contribution is 2.67. The molecule has 4 aliphatic carbocycles. The van der Waals surface area contributed by atoms with Crippen LogP contribution in [0, 0.1) is 34.5 Å². The first kappa shape index (κ1) is 15.4. The van der Waals surface area contributed by atoms with E-state index in [0.717, 1.165) is 30.1 Å². The van der Waals surface area contributed by atoms with Crippen molar-refractivity contribution >= 4 is 0 Å². The largest absolute Gasteiger partial charge is 0.390 e. The van der Waals surface area contributed by atoms with Gasteiger partial charge in [0.25, 0.3) is 0 Å². The highest BCUT2D eigenvalue weighted by atomic mass is 16.3. The van der Waals surface area contributed by atoms with Crippen LogP contribution >= 0.6 is 0 Å². The number of H-pyrrole nitrogens is 1. The quantitative estimate of drug-likeness (QED) is 0.752. The van der Waals surface area contributed by atoms with Crippen LogP contribution in [0.5, 0.6) is 0 Å². The average Bonchev–Trinajstić information content (AvgIpc) is 3.06. The number of hydrogen-bond donors (Lipinski definition) is 2. The molecule has 5 rings (SSSR count). The number of aromatic amines is 1. The van der Waals surface area contributed by atoms with Crippen LogP contribution in [0.3, 0.4) is 0 Å². The van der Waals surface area contributed by atoms with Crippen LogP contribution in [0.15, 0.2) is 6.20 Å². The second-order valence-electron chi connectivity index (χ2n) is 10.2. The van der Waals surface area contributed by atoms with E-state index in [1.165, 1.54) is 56.2 Å². The normalized spacial score (nSPS) is 53.0. The summed E-state index contributed by atoms with van der Waals surface area (Å²) in [6.07, 6.45) is 12.0. The summed E-state index contributed by atoms with van der Waals surface area (Å²) in [5.41, 5.74) is 3.01. The number of rotatable bonds is 0. The zero-order valence-corrected chi connectivity index (χ0v) is 15.4. The molecule has 0 aromatic carbocycles. The second-order valence-corrected chi connectivity index (χ2v) is 10.2. The Hall–Kier alpha value is -0.830. The van der Waals surface area contributed by atoms with Gasteiger partial charge in [0.1, 0.15) is 0 Å². The van der Waals surface area contributed by atoms with Crippen LogP contribution in [-0.2, 0) is 12.8 Å². The van der Waals surface area contributed by atoms with Gasteiger partial charge in [-0.15, -0.1) is 0 Å². The summed E-state index contributed by atoms with van der Waals surface area (Å²) in [6, 6.07) is 0. The fourth-order valence-corrected chi connectivity index (χ4v) is 7.71. The summed E-state index contributed by atoms with van der Waals surface area (Å²) >= 11 is 0. The Balaban J connectivity index is 1.50. The SMILES string of the molecule is CC12Cc3cn[nH]c3C[C@@H]1CCC1C2CCC2(C)C1CC[C@]2(C)O. The number of aromatic nitrogens is 2. The third-order valence-corrected chi connectivity index (χ3v) is 9.46. The standard InChI is InChI=1S/C21H32N2O/c1-19-11-13-12-22-23-18(13)10-14(19)4-5-15-16(19)6-8-20(2)17(15)7-9-21(20,3)24/h12,14-17,24H,4-11H2,1-3H3,(H,22,23)/t14-,15?,16?,17?,19?,20?,21-/m0/s1. The molecule has 1 aromatic heterocycles. The van der Waals surface area contributed by atoms with E-state index in [0.29, 0.717) is 5.41 Å². The van der Waals surface area contributed by atoms with Crippen molar-refractivity contribution < 1.29 is 5.11 Å². The topological polar surface area (TPSA) is 48.9 Å². The van der Waals surface area contributed by atoms with E-state index < -0.39 is 5.60 Å². The van der Waals surface area contributed by atoms with Gasteiger partial charge in [-0.25, -0.2) is 0 Å². The molecule has 0 spiro atoms. The van der Waals surface area contributed by atoms with Crippen LogP contribution < -0.4 is 0 Å². The molecule has 1 heterocycles. The highest BCUT2D eigenvalue weighted by molar-refractivity contribution is 5.26. The molecular formula is C21H32N2O. The molecule has 3 fully saturated rings. The minimum absolute atomic E-state index is 0.146. The Morgan fingerprint density at radius 2 is 1.88 bits per heavy atom. The number of nitrogens with zero attached hydrogens (tertiary/aromatic N) is 1. The second kappa shape index (κ2) is 4.66. The lowest BCUT2D eigenvalue weighted by atomic mass is 9.44. The maximum atomic E-state index is 11.0. The Bertz CT molecular complexity index is 665. The molecule has 132 valence electrons. The molecule has 0 aliphatic heterocycles. The molecule has 3 nitrogen and oxygen atoms in total. The van der Waals surface area contributed by atoms with Crippen molar-refractivity contribution in [1.29, 1.82) is 0 Å². The fraction of sp³-hybridized carbons (Fsp3) is 0.857. The third kappa shape index (κ3) is 1.75. The van der Waals surface area contributed by atoms with Crippen molar-refractivity contribution in [3.05, 3.63) is 17.5 Å². The predicted molar refractivity (Wildman–Crippen MR) is 94.5 cm³/mol. The van der Waals surface area contributed by atoms with Gasteiger partial charge in [0.05, 0.1) is 11.8 Å². The van der Waals surface area contributed by atoms with Crippen molar-refractivity contribution in [3.63, 3.8) is 0 Å². The molecule has 0 bridgehead atoms. The van der Waals surface area contributed by atoms with Crippen LogP contribution in [0.4, 0.5) is 0 Å². The first-order chi connectivity index (χ1) is 11.4. The molecule has 3 saturated carbocycles. The van der Waals surface area contributed by atoms with Gasteiger partial charge in [-0.2, -0.15) is 5.10 Å². The van der Waals surface area contributed by atoms with Gasteiger partial charge in [-0.3, -0.25) is 5.10 Å². The zero-order valence-electron chi connectivity index (χ0n) is 15.4. The van der Waals surface area contributed by atoms with Crippen molar-refractivity contribution in [2.24, 2.45) is 34.5 Å². The maximum Gasteiger partial charge on any atom is 0.0675 e. The van der Waals surface area contributed by atoms with Gasteiger partial charge in [-0.1, -0.05) is 13.8 Å². The Kier molecular flexibility index (Phi) is 3.00. The monoisotopic (exact) mass is 328 g/mol. The van der Waals surface area contributed by atoms with Gasteiger partial charge in [0.15, 0.2) is 0 Å². The first-order valence-corrected chi connectivity index (χ1v) is 10.1. The summed E-state index contributed by atoms with van der Waals surface area (Å²) in [4.78, 5) is 0. The first-order valence-electron chi connectivity index (χ1n) is 10.1. The predicted octanol–water partition coefficient (Wildman–Crippen LogP) is 4.12. The number of hydrogen-bond acceptors (Lipinski definition) is 2. The molecule has 4 aliphatic rings. The van der Waals surface area contributed by atoms with E-state index in [-0.39, 0.29) is 5.41 Å². The maximum absolute atomic E-state index is 11.0.